The molecule has 5 heteroatoms. The molecule has 2 aliphatic carbocycles. The van der Waals surface area contributed by atoms with Crippen molar-refractivity contribution in [2.75, 3.05) is 19.7 Å². The van der Waals surface area contributed by atoms with Gasteiger partial charge >= 0.3 is 0 Å². The number of guanidine groups is 1. The summed E-state index contributed by atoms with van der Waals surface area (Å²) < 4.78 is 6.10. The molecule has 2 saturated heterocycles. The van der Waals surface area contributed by atoms with E-state index in [1.807, 2.05) is 0 Å². The molecule has 1 aromatic carbocycles. The number of ether oxygens (including phenoxy) is 1. The van der Waals surface area contributed by atoms with E-state index < -0.39 is 0 Å². The highest BCUT2D eigenvalue weighted by Gasteiger charge is 2.66. The first-order valence-corrected chi connectivity index (χ1v) is 12.2. The van der Waals surface area contributed by atoms with Gasteiger partial charge in [0.1, 0.15) is 0 Å². The maximum absolute atomic E-state index is 6.10. The highest BCUT2D eigenvalue weighted by molar-refractivity contribution is 5.81. The first-order valence-electron chi connectivity index (χ1n) is 12.2. The number of aliphatic imine (C=N–C) groups is 1. The summed E-state index contributed by atoms with van der Waals surface area (Å²) in [4.78, 5) is 7.45. The Balaban J connectivity index is 1.18. The summed E-state index contributed by atoms with van der Waals surface area (Å²) in [5.41, 5.74) is 1.80. The SMILES string of the molecule is CCN=C(NC1CCN(Cc2ccccc2)C(C)C1)NC1C2CCOC2C12CCC2. The van der Waals surface area contributed by atoms with Crippen LogP contribution in [0.2, 0.25) is 0 Å². The monoisotopic (exact) mass is 410 g/mol. The van der Waals surface area contributed by atoms with Crippen LogP contribution in [0, 0.1) is 11.3 Å². The molecule has 5 atom stereocenters. The Hall–Kier alpha value is -1.59. The second-order valence-corrected chi connectivity index (χ2v) is 9.95. The Morgan fingerprint density at radius 3 is 2.73 bits per heavy atom. The second kappa shape index (κ2) is 8.51. The van der Waals surface area contributed by atoms with Gasteiger partial charge in [0.05, 0.1) is 6.10 Å². The molecule has 164 valence electrons. The van der Waals surface area contributed by atoms with E-state index >= 15 is 0 Å². The number of hydrogen-bond acceptors (Lipinski definition) is 3. The van der Waals surface area contributed by atoms with Gasteiger partial charge < -0.3 is 15.4 Å². The maximum atomic E-state index is 6.10. The fourth-order valence-corrected chi connectivity index (χ4v) is 6.49. The molecule has 1 aromatic rings. The predicted octanol–water partition coefficient (Wildman–Crippen LogP) is 3.55. The molecule has 2 N–H and O–H groups in total. The molecular weight excluding hydrogens is 372 g/mol. The molecule has 2 heterocycles. The molecule has 0 aromatic heterocycles. The van der Waals surface area contributed by atoms with Crippen molar-refractivity contribution in [1.82, 2.24) is 15.5 Å². The van der Waals surface area contributed by atoms with Gasteiger partial charge in [-0.05, 0) is 51.5 Å². The van der Waals surface area contributed by atoms with E-state index in [2.05, 4.69) is 59.7 Å². The molecule has 1 spiro atoms. The molecule has 5 rings (SSSR count). The first-order chi connectivity index (χ1) is 14.7. The van der Waals surface area contributed by atoms with Gasteiger partial charge in [-0.2, -0.15) is 0 Å². The van der Waals surface area contributed by atoms with Crippen molar-refractivity contribution in [3.8, 4) is 0 Å². The maximum Gasteiger partial charge on any atom is 0.191 e. The van der Waals surface area contributed by atoms with Crippen molar-refractivity contribution in [3.05, 3.63) is 35.9 Å². The summed E-state index contributed by atoms with van der Waals surface area (Å²) in [7, 11) is 0. The summed E-state index contributed by atoms with van der Waals surface area (Å²) in [6, 6.07) is 12.5. The van der Waals surface area contributed by atoms with Crippen LogP contribution < -0.4 is 10.6 Å². The Morgan fingerprint density at radius 1 is 1.20 bits per heavy atom. The molecule has 2 aliphatic heterocycles. The van der Waals surface area contributed by atoms with Crippen molar-refractivity contribution >= 4 is 5.96 Å². The molecule has 5 unspecified atom stereocenters. The second-order valence-electron chi connectivity index (χ2n) is 9.95. The third kappa shape index (κ3) is 3.64. The van der Waals surface area contributed by atoms with Crippen LogP contribution in [-0.2, 0) is 11.3 Å². The fourth-order valence-electron chi connectivity index (χ4n) is 6.49. The van der Waals surface area contributed by atoms with Gasteiger partial charge in [0.15, 0.2) is 5.96 Å². The Bertz CT molecular complexity index is 747. The van der Waals surface area contributed by atoms with E-state index in [-0.39, 0.29) is 0 Å². The smallest absolute Gasteiger partial charge is 0.191 e. The first kappa shape index (κ1) is 20.3. The highest BCUT2D eigenvalue weighted by atomic mass is 16.5. The average Bonchev–Trinajstić information content (AvgIpc) is 3.13. The van der Waals surface area contributed by atoms with Crippen LogP contribution >= 0.6 is 0 Å². The van der Waals surface area contributed by atoms with Crippen molar-refractivity contribution < 1.29 is 4.74 Å². The van der Waals surface area contributed by atoms with E-state index in [0.717, 1.165) is 32.2 Å². The highest BCUT2D eigenvalue weighted by Crippen LogP contribution is 2.62. The van der Waals surface area contributed by atoms with Gasteiger partial charge in [-0.1, -0.05) is 36.8 Å². The standard InChI is InChI=1S/C25H38N4O/c1-3-26-24(28-22-21-11-15-30-23(21)25(22)12-7-13-25)27-20-10-14-29(18(2)16-20)17-19-8-5-4-6-9-19/h4-6,8-9,18,20-23H,3,7,10-17H2,1-2H3,(H2,26,27,28). The van der Waals surface area contributed by atoms with Crippen molar-refractivity contribution in [1.29, 1.82) is 0 Å². The number of fused-ring (bicyclic) bond motifs is 2. The van der Waals surface area contributed by atoms with E-state index in [9.17, 15) is 0 Å². The average molecular weight is 411 g/mol. The summed E-state index contributed by atoms with van der Waals surface area (Å²) in [6.45, 7) is 8.46. The third-order valence-corrected chi connectivity index (χ3v) is 8.23. The zero-order valence-electron chi connectivity index (χ0n) is 18.6. The third-order valence-electron chi connectivity index (χ3n) is 8.23. The lowest BCUT2D eigenvalue weighted by molar-refractivity contribution is -0.171. The molecule has 0 radical (unpaired) electrons. The van der Waals surface area contributed by atoms with Crippen molar-refractivity contribution in [3.63, 3.8) is 0 Å². The van der Waals surface area contributed by atoms with Crippen LogP contribution in [0.25, 0.3) is 0 Å². The fraction of sp³-hybridized carbons (Fsp3) is 0.720. The van der Waals surface area contributed by atoms with Crippen molar-refractivity contribution in [2.45, 2.75) is 83.1 Å². The Labute approximate surface area is 181 Å². The zero-order valence-corrected chi connectivity index (χ0v) is 18.6. The molecule has 4 aliphatic rings. The lowest BCUT2D eigenvalue weighted by atomic mass is 9.46. The minimum absolute atomic E-state index is 0.393. The molecule has 0 amide bonds. The number of likely N-dealkylation sites (tertiary alicyclic amines) is 1. The number of nitrogens with zero attached hydrogens (tertiary/aromatic N) is 2. The molecule has 2 saturated carbocycles. The van der Waals surface area contributed by atoms with Crippen LogP contribution in [0.3, 0.4) is 0 Å². The minimum atomic E-state index is 0.393. The zero-order chi connectivity index (χ0) is 20.6. The van der Waals surface area contributed by atoms with Crippen LogP contribution in [0.5, 0.6) is 0 Å². The van der Waals surface area contributed by atoms with Gasteiger partial charge in [0.2, 0.25) is 0 Å². The molecule has 0 bridgehead atoms. The molecule has 4 fully saturated rings. The summed E-state index contributed by atoms with van der Waals surface area (Å²) in [5.74, 6) is 1.72. The quantitative estimate of drug-likeness (QED) is 0.576. The van der Waals surface area contributed by atoms with Crippen molar-refractivity contribution in [2.24, 2.45) is 16.3 Å². The lowest BCUT2D eigenvalue weighted by Gasteiger charge is -2.63. The molecular formula is C25H38N4O. The number of piperidine rings is 1. The van der Waals surface area contributed by atoms with Gasteiger partial charge in [0.25, 0.3) is 0 Å². The van der Waals surface area contributed by atoms with Gasteiger partial charge in [0, 0.05) is 55.7 Å². The Kier molecular flexibility index (Phi) is 5.76. The summed E-state index contributed by atoms with van der Waals surface area (Å²) in [5, 5.41) is 7.69. The van der Waals surface area contributed by atoms with Gasteiger partial charge in [-0.3, -0.25) is 9.89 Å². The summed E-state index contributed by atoms with van der Waals surface area (Å²) >= 11 is 0. The largest absolute Gasteiger partial charge is 0.377 e. The van der Waals surface area contributed by atoms with Gasteiger partial charge in [-0.15, -0.1) is 0 Å². The number of nitrogens with one attached hydrogen (secondary N) is 2. The summed E-state index contributed by atoms with van der Waals surface area (Å²) in [6.07, 6.45) is 8.05. The number of benzene rings is 1. The van der Waals surface area contributed by atoms with E-state index in [4.69, 9.17) is 9.73 Å². The number of rotatable bonds is 5. The minimum Gasteiger partial charge on any atom is -0.377 e. The Morgan fingerprint density at radius 2 is 2.03 bits per heavy atom. The molecule has 5 nitrogen and oxygen atoms in total. The normalized spacial score (nSPS) is 35.4. The van der Waals surface area contributed by atoms with Crippen LogP contribution in [0.15, 0.2) is 35.3 Å². The predicted molar refractivity (Wildman–Crippen MR) is 122 cm³/mol. The van der Waals surface area contributed by atoms with Crippen LogP contribution in [0.1, 0.15) is 57.9 Å². The van der Waals surface area contributed by atoms with E-state index in [1.165, 1.54) is 44.1 Å². The molecule has 30 heavy (non-hydrogen) atoms. The van der Waals surface area contributed by atoms with Crippen LogP contribution in [0.4, 0.5) is 0 Å². The van der Waals surface area contributed by atoms with Gasteiger partial charge in [-0.25, -0.2) is 0 Å². The van der Waals surface area contributed by atoms with E-state index in [1.54, 1.807) is 0 Å². The topological polar surface area (TPSA) is 48.9 Å². The number of hydrogen-bond donors (Lipinski definition) is 2. The van der Waals surface area contributed by atoms with E-state index in [0.29, 0.717) is 35.6 Å². The van der Waals surface area contributed by atoms with Crippen LogP contribution in [-0.4, -0.2) is 54.8 Å². The lowest BCUT2D eigenvalue weighted by Crippen LogP contribution is -2.72.